The second-order valence-electron chi connectivity index (χ2n) is 5.65. The van der Waals surface area contributed by atoms with E-state index in [1.807, 2.05) is 22.9 Å². The molecule has 3 aromatic rings. The van der Waals surface area contributed by atoms with Crippen molar-refractivity contribution >= 4 is 38.8 Å². The van der Waals surface area contributed by atoms with Crippen LogP contribution in [0.3, 0.4) is 0 Å². The zero-order valence-corrected chi connectivity index (χ0v) is 15.3. The van der Waals surface area contributed by atoms with Crippen molar-refractivity contribution in [3.8, 4) is 10.4 Å². The largest absolute Gasteiger partial charge is 0.344 e. The number of carbonyl (C=O) groups is 1. The minimum atomic E-state index is -0.151. The molecule has 0 N–H and O–H groups in total. The maximum absolute atomic E-state index is 12.8. The Hall–Kier alpha value is -1.99. The van der Waals surface area contributed by atoms with E-state index in [0.717, 1.165) is 23.3 Å². The lowest BCUT2D eigenvalue weighted by molar-refractivity contribution is -0.130. The molecule has 3 rings (SSSR count). The van der Waals surface area contributed by atoms with Crippen LogP contribution in [-0.2, 0) is 11.3 Å². The summed E-state index contributed by atoms with van der Waals surface area (Å²) in [7, 11) is 1.77. The van der Waals surface area contributed by atoms with Crippen molar-refractivity contribution in [3.63, 3.8) is 0 Å². The van der Waals surface area contributed by atoms with Crippen molar-refractivity contribution in [2.75, 3.05) is 13.6 Å². The van der Waals surface area contributed by atoms with E-state index in [1.165, 1.54) is 22.2 Å². The number of hydrogen-bond donors (Lipinski definition) is 0. The number of nitrogens with zero attached hydrogens (tertiary/aromatic N) is 3. The summed E-state index contributed by atoms with van der Waals surface area (Å²) in [6, 6.07) is 3.96. The molecule has 0 aliphatic carbocycles. The first-order chi connectivity index (χ1) is 11.6. The number of carbonyl (C=O) groups excluding carboxylic acids is 1. The third-order valence-corrected chi connectivity index (χ3v) is 5.72. The van der Waals surface area contributed by atoms with Crippen molar-refractivity contribution in [3.05, 3.63) is 39.6 Å². The Morgan fingerprint density at radius 2 is 2.21 bits per heavy atom. The highest BCUT2D eigenvalue weighted by atomic mass is 32.1. The van der Waals surface area contributed by atoms with Crippen molar-refractivity contribution in [2.45, 2.75) is 26.3 Å². The molecule has 0 aromatic carbocycles. The van der Waals surface area contributed by atoms with Crippen LogP contribution in [0.1, 0.15) is 19.8 Å². The molecule has 0 aliphatic heterocycles. The SMILES string of the molecule is CCCCN(C)C(=O)Cn1cnc2scc(-c3cccs3)c2c1=O. The summed E-state index contributed by atoms with van der Waals surface area (Å²) in [5.74, 6) is -0.0698. The van der Waals surface area contributed by atoms with E-state index in [9.17, 15) is 9.59 Å². The Bertz CT molecular complexity index is 896. The zero-order chi connectivity index (χ0) is 17.1. The molecule has 0 fully saturated rings. The molecule has 0 atom stereocenters. The minimum absolute atomic E-state index is 0.0295. The third-order valence-electron chi connectivity index (χ3n) is 3.93. The van der Waals surface area contributed by atoms with Crippen molar-refractivity contribution in [1.82, 2.24) is 14.5 Å². The Balaban J connectivity index is 1.93. The van der Waals surface area contributed by atoms with Crippen LogP contribution in [0, 0.1) is 0 Å². The van der Waals surface area contributed by atoms with E-state index in [0.29, 0.717) is 16.8 Å². The fraction of sp³-hybridized carbons (Fsp3) is 0.353. The van der Waals surface area contributed by atoms with E-state index in [2.05, 4.69) is 11.9 Å². The number of hydrogen-bond acceptors (Lipinski definition) is 5. The number of unbranched alkanes of at least 4 members (excludes halogenated alkanes) is 1. The fourth-order valence-corrected chi connectivity index (χ4v) is 4.20. The molecule has 0 bridgehead atoms. The van der Waals surface area contributed by atoms with Crippen LogP contribution >= 0.6 is 22.7 Å². The predicted octanol–water partition coefficient (Wildman–Crippen LogP) is 3.45. The van der Waals surface area contributed by atoms with E-state index < -0.39 is 0 Å². The first-order valence-electron chi connectivity index (χ1n) is 7.86. The fourth-order valence-electron chi connectivity index (χ4n) is 2.48. The summed E-state index contributed by atoms with van der Waals surface area (Å²) in [5.41, 5.74) is 0.755. The molecule has 0 aliphatic rings. The quantitative estimate of drug-likeness (QED) is 0.676. The van der Waals surface area contributed by atoms with Crippen molar-refractivity contribution < 1.29 is 4.79 Å². The van der Waals surface area contributed by atoms with Gasteiger partial charge in [-0.05, 0) is 17.9 Å². The normalized spacial score (nSPS) is 11.1. The molecule has 0 radical (unpaired) electrons. The van der Waals surface area contributed by atoms with Gasteiger partial charge in [-0.25, -0.2) is 4.98 Å². The van der Waals surface area contributed by atoms with Gasteiger partial charge in [0.15, 0.2) is 0 Å². The average Bonchev–Trinajstić information content (AvgIpc) is 3.23. The molecule has 3 aromatic heterocycles. The van der Waals surface area contributed by atoms with Gasteiger partial charge in [0.1, 0.15) is 11.4 Å². The van der Waals surface area contributed by atoms with Gasteiger partial charge in [0, 0.05) is 29.4 Å². The molecule has 3 heterocycles. The Kier molecular flexibility index (Phi) is 5.11. The van der Waals surface area contributed by atoms with Crippen LogP contribution in [0.15, 0.2) is 34.0 Å². The van der Waals surface area contributed by atoms with Crippen LogP contribution in [0.5, 0.6) is 0 Å². The molecule has 0 saturated carbocycles. The predicted molar refractivity (Wildman–Crippen MR) is 99.7 cm³/mol. The van der Waals surface area contributed by atoms with Crippen LogP contribution in [0.2, 0.25) is 0 Å². The van der Waals surface area contributed by atoms with Crippen LogP contribution in [-0.4, -0.2) is 34.0 Å². The number of aromatic nitrogens is 2. The van der Waals surface area contributed by atoms with Crippen molar-refractivity contribution in [2.24, 2.45) is 0 Å². The lowest BCUT2D eigenvalue weighted by Crippen LogP contribution is -2.34. The molecule has 126 valence electrons. The number of rotatable bonds is 6. The number of amides is 1. The molecule has 24 heavy (non-hydrogen) atoms. The van der Waals surface area contributed by atoms with Crippen LogP contribution in [0.4, 0.5) is 0 Å². The number of fused-ring (bicyclic) bond motifs is 1. The van der Waals surface area contributed by atoms with Crippen molar-refractivity contribution in [1.29, 1.82) is 0 Å². The molecule has 1 amide bonds. The molecule has 5 nitrogen and oxygen atoms in total. The lowest BCUT2D eigenvalue weighted by atomic mass is 10.2. The zero-order valence-electron chi connectivity index (χ0n) is 13.7. The van der Waals surface area contributed by atoms with Gasteiger partial charge in [-0.2, -0.15) is 0 Å². The Morgan fingerprint density at radius 3 is 2.92 bits per heavy atom. The van der Waals surface area contributed by atoms with Gasteiger partial charge in [0.25, 0.3) is 5.56 Å². The van der Waals surface area contributed by atoms with E-state index in [-0.39, 0.29) is 18.0 Å². The molecule has 0 saturated heterocycles. The summed E-state index contributed by atoms with van der Waals surface area (Å²) in [4.78, 5) is 32.9. The van der Waals surface area contributed by atoms with E-state index in [4.69, 9.17) is 0 Å². The first-order valence-corrected chi connectivity index (χ1v) is 9.62. The maximum atomic E-state index is 12.8. The molecular weight excluding hydrogens is 342 g/mol. The summed E-state index contributed by atoms with van der Waals surface area (Å²) in [6.07, 6.45) is 3.47. The number of thiophene rings is 2. The van der Waals surface area contributed by atoms with E-state index in [1.54, 1.807) is 23.3 Å². The minimum Gasteiger partial charge on any atom is -0.344 e. The second-order valence-corrected chi connectivity index (χ2v) is 7.46. The van der Waals surface area contributed by atoms with Gasteiger partial charge in [0.2, 0.25) is 5.91 Å². The second kappa shape index (κ2) is 7.27. The highest BCUT2D eigenvalue weighted by molar-refractivity contribution is 7.18. The van der Waals surface area contributed by atoms with Gasteiger partial charge < -0.3 is 4.90 Å². The monoisotopic (exact) mass is 361 g/mol. The smallest absolute Gasteiger partial charge is 0.263 e. The average molecular weight is 361 g/mol. The highest BCUT2D eigenvalue weighted by Crippen LogP contribution is 2.33. The Morgan fingerprint density at radius 1 is 1.38 bits per heavy atom. The molecule has 0 spiro atoms. The summed E-state index contributed by atoms with van der Waals surface area (Å²) >= 11 is 3.05. The standard InChI is InChI=1S/C17H19N3O2S2/c1-3-4-7-19(2)14(21)9-20-11-18-16-15(17(20)22)12(10-24-16)13-6-5-8-23-13/h5-6,8,10-11H,3-4,7,9H2,1-2H3. The van der Waals surface area contributed by atoms with E-state index >= 15 is 0 Å². The van der Waals surface area contributed by atoms with Gasteiger partial charge in [0.05, 0.1) is 11.7 Å². The third kappa shape index (κ3) is 3.27. The van der Waals surface area contributed by atoms with Gasteiger partial charge in [-0.15, -0.1) is 22.7 Å². The Labute approximate surface area is 148 Å². The molecule has 7 heteroatoms. The van der Waals surface area contributed by atoms with Gasteiger partial charge in [-0.3, -0.25) is 14.2 Å². The molecular formula is C17H19N3O2S2. The summed E-state index contributed by atoms with van der Waals surface area (Å²) < 4.78 is 1.41. The lowest BCUT2D eigenvalue weighted by Gasteiger charge is -2.17. The summed E-state index contributed by atoms with van der Waals surface area (Å²) in [6.45, 7) is 2.82. The first kappa shape index (κ1) is 16.9. The van der Waals surface area contributed by atoms with Crippen LogP contribution < -0.4 is 5.56 Å². The number of likely N-dealkylation sites (N-methyl/N-ethyl adjacent to an activating group) is 1. The summed E-state index contributed by atoms with van der Waals surface area (Å²) in [5, 5.41) is 4.55. The topological polar surface area (TPSA) is 55.2 Å². The molecule has 0 unspecified atom stereocenters. The highest BCUT2D eigenvalue weighted by Gasteiger charge is 2.16. The van der Waals surface area contributed by atoms with Crippen LogP contribution in [0.25, 0.3) is 20.7 Å². The maximum Gasteiger partial charge on any atom is 0.263 e. The van der Waals surface area contributed by atoms with Gasteiger partial charge >= 0.3 is 0 Å². The van der Waals surface area contributed by atoms with Gasteiger partial charge in [-0.1, -0.05) is 19.4 Å².